The monoisotopic (exact) mass is 292 g/mol. The number of hydrogen-bond acceptors (Lipinski definition) is 6. The van der Waals surface area contributed by atoms with Gasteiger partial charge >= 0.3 is 5.97 Å². The Hall–Kier alpha value is -0.850. The lowest BCUT2D eigenvalue weighted by Gasteiger charge is -2.23. The highest BCUT2D eigenvalue weighted by atomic mass is 32.7. The number of aliphatic carboxylic acids is 1. The van der Waals surface area contributed by atoms with Gasteiger partial charge in [0.05, 0.1) is 0 Å². The standard InChI is InChI=1S/C9H17N4O3PS/c1-6(2)12-13-8-11-9(3,4)17(16,18-8)10-5-7(14)15/h5H2,1-4H3,(H,10,16)(H,11,13)(H,14,15). The van der Waals surface area contributed by atoms with E-state index in [2.05, 4.69) is 20.6 Å². The zero-order chi connectivity index (χ0) is 14.0. The molecule has 0 aromatic carbocycles. The van der Waals surface area contributed by atoms with Crippen LogP contribution in [0.3, 0.4) is 0 Å². The van der Waals surface area contributed by atoms with Crippen LogP contribution < -0.4 is 10.5 Å². The van der Waals surface area contributed by atoms with Gasteiger partial charge in [-0.3, -0.25) is 14.8 Å². The molecule has 1 atom stereocenters. The average molecular weight is 292 g/mol. The van der Waals surface area contributed by atoms with E-state index in [1.165, 1.54) is 0 Å². The zero-order valence-corrected chi connectivity index (χ0v) is 12.4. The van der Waals surface area contributed by atoms with Crippen LogP contribution in [0.2, 0.25) is 0 Å². The SMILES string of the molecule is CC(C)=NNC1=NC(C)(C)P(=O)(NCC(=O)O)S1. The lowest BCUT2D eigenvalue weighted by Crippen LogP contribution is -2.26. The molecule has 0 aromatic heterocycles. The highest BCUT2D eigenvalue weighted by molar-refractivity contribution is 8.65. The molecule has 0 saturated heterocycles. The minimum absolute atomic E-state index is 0.355. The Labute approximate surface area is 110 Å². The summed E-state index contributed by atoms with van der Waals surface area (Å²) >= 11 is 1.02. The lowest BCUT2D eigenvalue weighted by molar-refractivity contribution is -0.135. The summed E-state index contributed by atoms with van der Waals surface area (Å²) in [5.74, 6) is -1.05. The molecule has 0 aliphatic carbocycles. The van der Waals surface area contributed by atoms with E-state index >= 15 is 0 Å². The molecule has 0 spiro atoms. The van der Waals surface area contributed by atoms with E-state index in [0.717, 1.165) is 17.1 Å². The van der Waals surface area contributed by atoms with Crippen molar-refractivity contribution in [1.82, 2.24) is 10.5 Å². The number of carbonyl (C=O) groups is 1. The first-order chi connectivity index (χ1) is 8.16. The van der Waals surface area contributed by atoms with Crippen LogP contribution in [0.25, 0.3) is 0 Å². The first-order valence-electron chi connectivity index (χ1n) is 5.30. The Balaban J connectivity index is 2.79. The summed E-state index contributed by atoms with van der Waals surface area (Å²) in [6.45, 7) is 3.70. The highest BCUT2D eigenvalue weighted by Crippen LogP contribution is 2.69. The molecule has 3 N–H and O–H groups in total. The Morgan fingerprint density at radius 2 is 2.17 bits per heavy atom. The van der Waals surface area contributed by atoms with Gasteiger partial charge in [-0.1, -0.05) is 0 Å². The molecule has 0 fully saturated rings. The molecule has 0 aromatic rings. The second-order valence-electron chi connectivity index (χ2n) is 4.45. The third kappa shape index (κ3) is 3.57. The van der Waals surface area contributed by atoms with Gasteiger partial charge in [0.2, 0.25) is 6.49 Å². The quantitative estimate of drug-likeness (QED) is 0.414. The van der Waals surface area contributed by atoms with Crippen molar-refractivity contribution >= 4 is 34.7 Å². The summed E-state index contributed by atoms with van der Waals surface area (Å²) in [5.41, 5.74) is 3.54. The van der Waals surface area contributed by atoms with E-state index in [9.17, 15) is 9.36 Å². The number of nitrogens with zero attached hydrogens (tertiary/aromatic N) is 2. The zero-order valence-electron chi connectivity index (χ0n) is 10.7. The molecule has 9 heteroatoms. The molecular weight excluding hydrogens is 275 g/mol. The van der Waals surface area contributed by atoms with E-state index in [-0.39, 0.29) is 6.54 Å². The molecule has 102 valence electrons. The van der Waals surface area contributed by atoms with E-state index < -0.39 is 17.7 Å². The van der Waals surface area contributed by atoms with Gasteiger partial charge in [-0.05, 0) is 39.1 Å². The Bertz CT molecular complexity index is 457. The van der Waals surface area contributed by atoms with Gasteiger partial charge < -0.3 is 5.11 Å². The third-order valence-corrected chi connectivity index (χ3v) is 7.87. The number of hydrazone groups is 1. The number of hydrogen-bond donors (Lipinski definition) is 3. The van der Waals surface area contributed by atoms with Crippen LogP contribution in [0, 0.1) is 0 Å². The first-order valence-corrected chi connectivity index (χ1v) is 8.42. The van der Waals surface area contributed by atoms with Crippen LogP contribution in [0.5, 0.6) is 0 Å². The van der Waals surface area contributed by atoms with Crippen molar-refractivity contribution in [1.29, 1.82) is 0 Å². The van der Waals surface area contributed by atoms with Crippen LogP contribution in [-0.4, -0.2) is 33.8 Å². The van der Waals surface area contributed by atoms with E-state index in [0.29, 0.717) is 5.17 Å². The molecule has 0 radical (unpaired) electrons. The Kier molecular flexibility index (Phi) is 4.58. The smallest absolute Gasteiger partial charge is 0.317 e. The van der Waals surface area contributed by atoms with Crippen LogP contribution in [0.4, 0.5) is 0 Å². The number of carboxylic acid groups (broad SMARTS) is 1. The van der Waals surface area contributed by atoms with E-state index in [1.54, 1.807) is 13.8 Å². The third-order valence-electron chi connectivity index (χ3n) is 2.12. The largest absolute Gasteiger partial charge is 0.480 e. The molecule has 0 saturated carbocycles. The maximum atomic E-state index is 12.6. The highest BCUT2D eigenvalue weighted by Gasteiger charge is 2.48. The van der Waals surface area contributed by atoms with Crippen molar-refractivity contribution in [3.05, 3.63) is 0 Å². The number of nitrogens with one attached hydrogen (secondary N) is 2. The topological polar surface area (TPSA) is 103 Å². The van der Waals surface area contributed by atoms with Gasteiger partial charge in [0.1, 0.15) is 11.8 Å². The van der Waals surface area contributed by atoms with Crippen LogP contribution in [0.15, 0.2) is 10.1 Å². The Morgan fingerprint density at radius 3 is 2.67 bits per heavy atom. The van der Waals surface area contributed by atoms with Gasteiger partial charge in [-0.2, -0.15) is 5.10 Å². The number of carboxylic acids is 1. The van der Waals surface area contributed by atoms with Gasteiger partial charge in [0, 0.05) is 5.71 Å². The van der Waals surface area contributed by atoms with E-state index in [4.69, 9.17) is 5.11 Å². The fourth-order valence-corrected chi connectivity index (χ4v) is 5.24. The molecular formula is C9H17N4O3PS. The summed E-state index contributed by atoms with van der Waals surface area (Å²) in [4.78, 5) is 14.8. The molecule has 1 aliphatic heterocycles. The normalized spacial score (nSPS) is 25.4. The van der Waals surface area contributed by atoms with Gasteiger partial charge in [-0.15, -0.1) is 0 Å². The average Bonchev–Trinajstić information content (AvgIpc) is 2.44. The van der Waals surface area contributed by atoms with Gasteiger partial charge in [0.25, 0.3) is 0 Å². The number of rotatable bonds is 4. The van der Waals surface area contributed by atoms with Crippen LogP contribution in [-0.2, 0) is 9.36 Å². The summed E-state index contributed by atoms with van der Waals surface area (Å²) in [7, 11) is 0. The fraction of sp³-hybridized carbons (Fsp3) is 0.667. The summed E-state index contributed by atoms with van der Waals surface area (Å²) in [6.07, 6.45) is 0. The van der Waals surface area contributed by atoms with Crippen molar-refractivity contribution in [3.8, 4) is 0 Å². The summed E-state index contributed by atoms with van der Waals surface area (Å²) in [6, 6.07) is 0. The van der Waals surface area contributed by atoms with Crippen LogP contribution in [0.1, 0.15) is 27.7 Å². The Morgan fingerprint density at radius 1 is 1.56 bits per heavy atom. The van der Waals surface area contributed by atoms with Crippen molar-refractivity contribution < 1.29 is 14.5 Å². The number of amidine groups is 1. The molecule has 1 heterocycles. The molecule has 0 bridgehead atoms. The van der Waals surface area contributed by atoms with E-state index in [1.807, 2.05) is 13.8 Å². The number of aliphatic imine (C=N–C) groups is 1. The minimum atomic E-state index is -2.99. The minimum Gasteiger partial charge on any atom is -0.480 e. The first kappa shape index (κ1) is 15.2. The van der Waals surface area contributed by atoms with Gasteiger partial charge in [-0.25, -0.2) is 10.1 Å². The molecule has 7 nitrogen and oxygen atoms in total. The molecule has 1 aliphatic rings. The van der Waals surface area contributed by atoms with Crippen LogP contribution >= 0.6 is 17.9 Å². The maximum absolute atomic E-state index is 12.6. The second-order valence-corrected chi connectivity index (χ2v) is 9.63. The lowest BCUT2D eigenvalue weighted by atomic mass is 10.4. The van der Waals surface area contributed by atoms with Crippen molar-refractivity contribution in [2.45, 2.75) is 33.0 Å². The van der Waals surface area contributed by atoms with Crippen molar-refractivity contribution in [3.63, 3.8) is 0 Å². The maximum Gasteiger partial charge on any atom is 0.317 e. The molecule has 1 unspecified atom stereocenters. The predicted octanol–water partition coefficient (Wildman–Crippen LogP) is 1.68. The predicted molar refractivity (Wildman–Crippen MR) is 74.3 cm³/mol. The van der Waals surface area contributed by atoms with Crippen molar-refractivity contribution in [2.75, 3.05) is 6.54 Å². The summed E-state index contributed by atoms with van der Waals surface area (Å²) in [5, 5.41) is 14.8. The second kappa shape index (κ2) is 5.42. The molecule has 0 amide bonds. The fourth-order valence-electron chi connectivity index (χ4n) is 1.17. The molecule has 18 heavy (non-hydrogen) atoms. The van der Waals surface area contributed by atoms with Crippen molar-refractivity contribution in [2.24, 2.45) is 10.1 Å². The summed E-state index contributed by atoms with van der Waals surface area (Å²) < 4.78 is 12.6. The van der Waals surface area contributed by atoms with Gasteiger partial charge in [0.15, 0.2) is 5.17 Å². The molecule has 1 rings (SSSR count).